The van der Waals surface area contributed by atoms with Crippen molar-refractivity contribution in [3.05, 3.63) is 222 Å². The molecule has 1 atom stereocenters. The van der Waals surface area contributed by atoms with Crippen LogP contribution in [0.3, 0.4) is 0 Å². The van der Waals surface area contributed by atoms with E-state index in [9.17, 15) is 0 Å². The molecule has 1 aliphatic carbocycles. The van der Waals surface area contributed by atoms with Crippen molar-refractivity contribution in [2.75, 3.05) is 9.80 Å². The quantitative estimate of drug-likeness (QED) is 0.133. The monoisotopic (exact) mass is 1100 g/mol. The van der Waals surface area contributed by atoms with Gasteiger partial charge in [0.05, 0.1) is 38.6 Å². The minimum absolute atomic E-state index is 0.311. The lowest BCUT2D eigenvalue weighted by Gasteiger charge is -2.29. The molecule has 0 aliphatic heterocycles. The topological polar surface area (TPSA) is 10.9 Å². The van der Waals surface area contributed by atoms with Gasteiger partial charge in [-0.3, -0.25) is 0 Å². The van der Waals surface area contributed by atoms with Gasteiger partial charge in [0.15, 0.2) is 0 Å². The summed E-state index contributed by atoms with van der Waals surface area (Å²) in [7, 11) is -3.34. The van der Waals surface area contributed by atoms with Gasteiger partial charge in [0.2, 0.25) is 0 Å². The van der Waals surface area contributed by atoms with Crippen molar-refractivity contribution in [3.63, 3.8) is 0 Å². The second-order valence-corrected chi connectivity index (χ2v) is 37.2. The third kappa shape index (κ3) is 7.91. The van der Waals surface area contributed by atoms with E-state index in [2.05, 4.69) is 274 Å². The first-order valence-corrected chi connectivity index (χ1v) is 37.0. The number of aromatic nitrogens is 1. The van der Waals surface area contributed by atoms with Crippen molar-refractivity contribution in [2.45, 2.75) is 66.5 Å². The molecule has 1 unspecified atom stereocenters. The van der Waals surface area contributed by atoms with Crippen molar-refractivity contribution >= 4 is 173 Å². The molecule has 0 spiro atoms. The highest BCUT2D eigenvalue weighted by Gasteiger charge is 2.32. The molecule has 1 aliphatic rings. The summed E-state index contributed by atoms with van der Waals surface area (Å²) in [6.45, 7) is 21.7. The molecule has 7 heteroatoms. The van der Waals surface area contributed by atoms with Gasteiger partial charge < -0.3 is 14.2 Å². The summed E-state index contributed by atoms with van der Waals surface area (Å²) in [6, 6.07) is 75.0. The molecule has 14 aromatic rings. The Hall–Kier alpha value is -7.79. The predicted molar refractivity (Wildman–Crippen MR) is 359 cm³/mol. The Kier molecular flexibility index (Phi) is 11.2. The normalized spacial score (nSPS) is 14.2. The average Bonchev–Trinajstić information content (AvgIpc) is 4.27. The largest absolute Gasteiger partial charge is 0.310 e. The summed E-state index contributed by atoms with van der Waals surface area (Å²) >= 11 is 3.76. The fraction of sp³-hybridized carbons (Fsp3) is 0.151. The van der Waals surface area contributed by atoms with Crippen LogP contribution in [0.15, 0.2) is 194 Å². The van der Waals surface area contributed by atoms with Crippen LogP contribution in [0.25, 0.3) is 90.0 Å². The Morgan fingerprint density at radius 1 is 0.450 bits per heavy atom. The molecule has 0 saturated heterocycles. The average molecular weight is 1100 g/mol. The van der Waals surface area contributed by atoms with Crippen LogP contribution < -0.4 is 20.2 Å². The Balaban J connectivity index is 0.996. The van der Waals surface area contributed by atoms with Crippen LogP contribution in [0.4, 0.5) is 34.1 Å². The van der Waals surface area contributed by atoms with Gasteiger partial charge >= 0.3 is 0 Å². The molecule has 0 saturated carbocycles. The maximum Gasteiger partial charge on any atom is 0.0776 e. The van der Waals surface area contributed by atoms with Crippen LogP contribution in [-0.2, 0) is 6.42 Å². The van der Waals surface area contributed by atoms with E-state index in [1.54, 1.807) is 0 Å². The second kappa shape index (κ2) is 18.1. The molecule has 3 nitrogen and oxygen atoms in total. The zero-order valence-corrected chi connectivity index (χ0v) is 50.6. The zero-order valence-electron chi connectivity index (χ0n) is 47.0. The van der Waals surface area contributed by atoms with Crippen molar-refractivity contribution in [2.24, 2.45) is 5.92 Å². The minimum Gasteiger partial charge on any atom is -0.310 e. The molecule has 10 aromatic carbocycles. The molecule has 4 aromatic heterocycles. The molecular formula is C73H63N3S2Si2. The first-order valence-electron chi connectivity index (χ1n) is 28.3. The van der Waals surface area contributed by atoms with Crippen molar-refractivity contribution in [1.29, 1.82) is 0 Å². The lowest BCUT2D eigenvalue weighted by atomic mass is 9.82. The second-order valence-electron chi connectivity index (χ2n) is 24.9. The molecule has 80 heavy (non-hydrogen) atoms. The summed E-state index contributed by atoms with van der Waals surface area (Å²) < 4.78 is 7.94. The van der Waals surface area contributed by atoms with Crippen LogP contribution in [0.2, 0.25) is 39.3 Å². The van der Waals surface area contributed by atoms with Crippen molar-refractivity contribution in [3.8, 4) is 0 Å². The van der Waals surface area contributed by atoms with Crippen LogP contribution in [0.1, 0.15) is 34.9 Å². The number of allylic oxidation sites excluding steroid dienone is 1. The van der Waals surface area contributed by atoms with Crippen LogP contribution in [0, 0.1) is 19.8 Å². The summed E-state index contributed by atoms with van der Waals surface area (Å²) in [5.74, 6) is 0.311. The van der Waals surface area contributed by atoms with E-state index in [1.807, 2.05) is 22.7 Å². The number of fused-ring (bicyclic) bond motifs is 13. The first-order chi connectivity index (χ1) is 38.6. The number of aryl methyl sites for hydroxylation is 2. The smallest absolute Gasteiger partial charge is 0.0776 e. The predicted octanol–water partition coefficient (Wildman–Crippen LogP) is 21.0. The van der Waals surface area contributed by atoms with Crippen LogP contribution in [0.5, 0.6) is 0 Å². The van der Waals surface area contributed by atoms with E-state index < -0.39 is 16.1 Å². The van der Waals surface area contributed by atoms with Gasteiger partial charge in [-0.1, -0.05) is 159 Å². The van der Waals surface area contributed by atoms with Gasteiger partial charge in [0.25, 0.3) is 0 Å². The molecule has 0 fully saturated rings. The first kappa shape index (κ1) is 49.3. The van der Waals surface area contributed by atoms with Crippen LogP contribution in [-0.4, -0.2) is 20.5 Å². The number of nitrogens with zero attached hydrogens (tertiary/aromatic N) is 3. The highest BCUT2D eigenvalue weighted by atomic mass is 32.1. The summed E-state index contributed by atoms with van der Waals surface area (Å²) in [5.41, 5.74) is 17.7. The van der Waals surface area contributed by atoms with Gasteiger partial charge in [-0.25, -0.2) is 0 Å². The fourth-order valence-corrected chi connectivity index (χ4v) is 17.9. The lowest BCUT2D eigenvalue weighted by molar-refractivity contribution is 0.739. The Morgan fingerprint density at radius 2 is 1.00 bits per heavy atom. The van der Waals surface area contributed by atoms with Crippen molar-refractivity contribution in [1.82, 2.24) is 4.40 Å². The van der Waals surface area contributed by atoms with E-state index in [0.29, 0.717) is 5.92 Å². The highest BCUT2D eigenvalue weighted by Crippen LogP contribution is 2.52. The molecule has 0 radical (unpaired) electrons. The van der Waals surface area contributed by atoms with E-state index in [0.717, 1.165) is 12.1 Å². The number of anilines is 6. The Bertz CT molecular complexity index is 4880. The Labute approximate surface area is 478 Å². The number of hydrogen-bond acceptors (Lipinski definition) is 4. The zero-order chi connectivity index (χ0) is 54.5. The number of benzene rings is 10. The minimum atomic E-state index is -1.69. The summed E-state index contributed by atoms with van der Waals surface area (Å²) in [6.07, 6.45) is 3.51. The molecule has 390 valence electrons. The Morgan fingerprint density at radius 3 is 1.62 bits per heavy atom. The van der Waals surface area contributed by atoms with Crippen LogP contribution >= 0.6 is 22.7 Å². The molecule has 0 amide bonds. The summed E-state index contributed by atoms with van der Waals surface area (Å²) in [4.78, 5) is 5.10. The molecule has 0 bridgehead atoms. The lowest BCUT2D eigenvalue weighted by Crippen LogP contribution is -2.37. The maximum atomic E-state index is 2.66. The number of rotatable bonds is 9. The standard InChI is InChI=1S/C73H63N3S2Si2/c1-44-32-45(2)34-49(33-44)60-43-67-64(35-46(60)3)72-65(75(51-17-15-19-56(40-51)80(7,8)9)54-27-31-71-63(42-54)58-21-11-13-23-69(58)78-71)29-28-59-61-37-47-24-25-52(36-48(47)38-66(61)76(67)73(59)72)74(50-16-14-18-55(39-50)79(4,5)6)53-26-30-70-62(41-53)57-20-10-12-22-68(57)77-70/h10-34,36-43,46H,35H2,1-9H3. The fourth-order valence-electron chi connectivity index (χ4n) is 13.3. The van der Waals surface area contributed by atoms with Gasteiger partial charge in [-0.15, -0.1) is 22.7 Å². The van der Waals surface area contributed by atoms with Gasteiger partial charge in [-0.2, -0.15) is 0 Å². The van der Waals surface area contributed by atoms with Gasteiger partial charge in [0.1, 0.15) is 0 Å². The van der Waals surface area contributed by atoms with E-state index in [4.69, 9.17) is 0 Å². The maximum absolute atomic E-state index is 2.66. The van der Waals surface area contributed by atoms with Gasteiger partial charge in [-0.05, 0) is 163 Å². The molecular weight excluding hydrogens is 1040 g/mol. The van der Waals surface area contributed by atoms with Gasteiger partial charge in [0, 0.05) is 84.9 Å². The number of hydrogen-bond donors (Lipinski definition) is 0. The summed E-state index contributed by atoms with van der Waals surface area (Å²) in [5, 5.41) is 14.5. The van der Waals surface area contributed by atoms with E-state index in [1.165, 1.54) is 151 Å². The SMILES string of the molecule is Cc1cc(C)cc(C2=Cc3c(c4c(N(c5cccc([Si](C)(C)C)c5)c5ccc6sc7ccccc7c6c5)ccc5c6cc7ccc(N(c8cccc([Si](C)(C)C)c8)c8ccc9sc%10ccccc%10c9c8)cc7cc6n3c45)CC2C)c1. The van der Waals surface area contributed by atoms with E-state index >= 15 is 0 Å². The third-order valence-corrected chi connectivity index (χ3v) is 23.7. The third-order valence-electron chi connectivity index (χ3n) is 17.3. The molecule has 0 N–H and O–H groups in total. The van der Waals surface area contributed by atoms with E-state index in [-0.39, 0.29) is 0 Å². The molecule has 15 rings (SSSR count). The highest BCUT2D eigenvalue weighted by molar-refractivity contribution is 7.26. The number of thiophene rings is 2. The molecule has 4 heterocycles. The van der Waals surface area contributed by atoms with Crippen molar-refractivity contribution < 1.29 is 0 Å².